The molecule has 2 N–H and O–H groups in total. The zero-order valence-corrected chi connectivity index (χ0v) is 13.2. The van der Waals surface area contributed by atoms with Gasteiger partial charge in [-0.2, -0.15) is 0 Å². The van der Waals surface area contributed by atoms with Crippen LogP contribution in [0.1, 0.15) is 43.7 Å². The molecule has 0 saturated carbocycles. The van der Waals surface area contributed by atoms with Crippen LogP contribution in [0.15, 0.2) is 23.2 Å². The molecule has 21 heavy (non-hydrogen) atoms. The van der Waals surface area contributed by atoms with Crippen LogP contribution in [0.3, 0.4) is 0 Å². The van der Waals surface area contributed by atoms with Gasteiger partial charge in [0.05, 0.1) is 5.84 Å². The van der Waals surface area contributed by atoms with Gasteiger partial charge in [0.25, 0.3) is 0 Å². The molecule has 0 aliphatic carbocycles. The van der Waals surface area contributed by atoms with E-state index in [1.165, 1.54) is 6.42 Å². The second-order valence-electron chi connectivity index (χ2n) is 5.76. The number of para-hydroxylation sites is 1. The fourth-order valence-electron chi connectivity index (χ4n) is 2.55. The third-order valence-electron chi connectivity index (χ3n) is 3.88. The summed E-state index contributed by atoms with van der Waals surface area (Å²) in [6.07, 6.45) is 4.46. The second kappa shape index (κ2) is 7.25. The minimum Gasteiger partial charge on any atom is -0.362 e. The molecule has 4 heteroatoms. The van der Waals surface area contributed by atoms with Gasteiger partial charge in [-0.15, -0.1) is 0 Å². The fraction of sp³-hybridized carbons (Fsp3) is 0.529. The lowest BCUT2D eigenvalue weighted by Crippen LogP contribution is -2.41. The van der Waals surface area contributed by atoms with Crippen LogP contribution in [0, 0.1) is 13.8 Å². The molecule has 0 saturated heterocycles. The van der Waals surface area contributed by atoms with Crippen LogP contribution in [0.5, 0.6) is 0 Å². The second-order valence-corrected chi connectivity index (χ2v) is 5.76. The molecule has 0 fully saturated rings. The molecular weight excluding hydrogens is 262 g/mol. The van der Waals surface area contributed by atoms with Crippen LogP contribution in [-0.4, -0.2) is 24.3 Å². The zero-order valence-electron chi connectivity index (χ0n) is 13.2. The van der Waals surface area contributed by atoms with Crippen molar-refractivity contribution in [1.82, 2.24) is 5.32 Å². The third kappa shape index (κ3) is 4.31. The molecule has 1 aliphatic rings. The topological polar surface area (TPSA) is 53.5 Å². The Balaban J connectivity index is 1.98. The first-order chi connectivity index (χ1) is 10.1. The van der Waals surface area contributed by atoms with Crippen LogP contribution < -0.4 is 10.6 Å². The van der Waals surface area contributed by atoms with E-state index >= 15 is 0 Å². The molecule has 1 aliphatic heterocycles. The average Bonchev–Trinajstić information content (AvgIpc) is 2.71. The number of anilines is 1. The molecule has 0 bridgehead atoms. The van der Waals surface area contributed by atoms with Gasteiger partial charge in [-0.25, -0.2) is 0 Å². The fourth-order valence-corrected chi connectivity index (χ4v) is 2.55. The summed E-state index contributed by atoms with van der Waals surface area (Å²) < 4.78 is 0. The highest BCUT2D eigenvalue weighted by Gasteiger charge is 2.16. The van der Waals surface area contributed by atoms with E-state index in [0.29, 0.717) is 0 Å². The summed E-state index contributed by atoms with van der Waals surface area (Å²) in [5.41, 5.74) is 3.09. The summed E-state index contributed by atoms with van der Waals surface area (Å²) in [7, 11) is 0. The number of nitrogens with zero attached hydrogens (tertiary/aromatic N) is 1. The molecule has 1 aromatic carbocycles. The van der Waals surface area contributed by atoms with Gasteiger partial charge in [0.1, 0.15) is 6.04 Å². The molecule has 0 aromatic heterocycles. The number of hydrogen-bond donors (Lipinski definition) is 2. The standard InChI is InChI=1S/C17H25N3O/c1-12-8-7-9-13(2)16(12)20-17(21)14(3)19-15-10-5-4-6-11-18-15/h7-9,14H,4-6,10-11H2,1-3H3,(H,18,19)(H,20,21)/t14-/m1/s1. The number of rotatable bonds is 3. The van der Waals surface area contributed by atoms with Crippen molar-refractivity contribution in [3.8, 4) is 0 Å². The van der Waals surface area contributed by atoms with E-state index in [1.807, 2.05) is 39.0 Å². The number of aryl methyl sites for hydroxylation is 2. The lowest BCUT2D eigenvalue weighted by molar-refractivity contribution is -0.117. The zero-order chi connectivity index (χ0) is 15.2. The molecule has 114 valence electrons. The molecule has 0 spiro atoms. The number of hydrogen-bond acceptors (Lipinski definition) is 3. The number of aliphatic imine (C=N–C) groups is 1. The molecule has 1 atom stereocenters. The smallest absolute Gasteiger partial charge is 0.246 e. The highest BCUT2D eigenvalue weighted by molar-refractivity contribution is 5.98. The summed E-state index contributed by atoms with van der Waals surface area (Å²) in [5, 5.41) is 6.28. The Hall–Kier alpha value is -1.84. The van der Waals surface area contributed by atoms with Crippen LogP contribution in [-0.2, 0) is 4.79 Å². The van der Waals surface area contributed by atoms with E-state index in [4.69, 9.17) is 0 Å². The van der Waals surface area contributed by atoms with Crippen molar-refractivity contribution in [2.24, 2.45) is 4.99 Å². The normalized spacial score (nSPS) is 16.6. The number of amidine groups is 1. The van der Waals surface area contributed by atoms with Crippen molar-refractivity contribution in [2.75, 3.05) is 11.9 Å². The molecule has 1 heterocycles. The van der Waals surface area contributed by atoms with E-state index in [-0.39, 0.29) is 11.9 Å². The van der Waals surface area contributed by atoms with Gasteiger partial charge in [-0.05, 0) is 44.7 Å². The lowest BCUT2D eigenvalue weighted by atomic mass is 10.1. The predicted octanol–water partition coefficient (Wildman–Crippen LogP) is 3.19. The lowest BCUT2D eigenvalue weighted by Gasteiger charge is -2.18. The Labute approximate surface area is 127 Å². The number of amides is 1. The summed E-state index contributed by atoms with van der Waals surface area (Å²) in [5.74, 6) is 0.955. The van der Waals surface area contributed by atoms with Crippen molar-refractivity contribution in [2.45, 2.75) is 52.5 Å². The minimum atomic E-state index is -0.277. The SMILES string of the molecule is Cc1cccc(C)c1NC(=O)[C@@H](C)NC1=NCCCCC1. The van der Waals surface area contributed by atoms with Gasteiger partial charge in [-0.1, -0.05) is 24.6 Å². The molecule has 0 radical (unpaired) electrons. The number of carbonyl (C=O) groups is 1. The maximum Gasteiger partial charge on any atom is 0.246 e. The van der Waals surface area contributed by atoms with E-state index in [9.17, 15) is 4.79 Å². The van der Waals surface area contributed by atoms with Gasteiger partial charge in [0.2, 0.25) is 5.91 Å². The van der Waals surface area contributed by atoms with Gasteiger partial charge < -0.3 is 10.6 Å². The average molecular weight is 287 g/mol. The Morgan fingerprint density at radius 3 is 2.62 bits per heavy atom. The molecule has 1 aromatic rings. The highest BCUT2D eigenvalue weighted by Crippen LogP contribution is 2.19. The van der Waals surface area contributed by atoms with Gasteiger partial charge in [0.15, 0.2) is 0 Å². The molecule has 1 amide bonds. The van der Waals surface area contributed by atoms with Gasteiger partial charge in [-0.3, -0.25) is 9.79 Å². The van der Waals surface area contributed by atoms with Crippen molar-refractivity contribution in [3.05, 3.63) is 29.3 Å². The molecule has 4 nitrogen and oxygen atoms in total. The Kier molecular flexibility index (Phi) is 5.37. The van der Waals surface area contributed by atoms with Crippen molar-refractivity contribution < 1.29 is 4.79 Å². The van der Waals surface area contributed by atoms with Crippen molar-refractivity contribution in [3.63, 3.8) is 0 Å². The van der Waals surface area contributed by atoms with E-state index in [2.05, 4.69) is 15.6 Å². The Bertz CT molecular complexity index is 517. The monoisotopic (exact) mass is 287 g/mol. The van der Waals surface area contributed by atoms with Gasteiger partial charge in [0, 0.05) is 18.7 Å². The predicted molar refractivity (Wildman–Crippen MR) is 87.9 cm³/mol. The first-order valence-electron chi connectivity index (χ1n) is 7.75. The summed E-state index contributed by atoms with van der Waals surface area (Å²) >= 11 is 0. The number of carbonyl (C=O) groups excluding carboxylic acids is 1. The molecule has 0 unspecified atom stereocenters. The van der Waals surface area contributed by atoms with Crippen molar-refractivity contribution >= 4 is 17.4 Å². The quantitative estimate of drug-likeness (QED) is 0.897. The van der Waals surface area contributed by atoms with Crippen molar-refractivity contribution in [1.29, 1.82) is 0 Å². The van der Waals surface area contributed by atoms with E-state index in [0.717, 1.165) is 48.5 Å². The van der Waals surface area contributed by atoms with Crippen LogP contribution >= 0.6 is 0 Å². The largest absolute Gasteiger partial charge is 0.362 e. The molecular formula is C17H25N3O. The first kappa shape index (κ1) is 15.5. The summed E-state index contributed by atoms with van der Waals surface area (Å²) in [4.78, 5) is 16.9. The highest BCUT2D eigenvalue weighted by atomic mass is 16.2. The number of nitrogens with one attached hydrogen (secondary N) is 2. The summed E-state index contributed by atoms with van der Waals surface area (Å²) in [6.45, 7) is 6.77. The maximum absolute atomic E-state index is 12.3. The van der Waals surface area contributed by atoms with E-state index in [1.54, 1.807) is 0 Å². The minimum absolute atomic E-state index is 0.0145. The number of benzene rings is 1. The Morgan fingerprint density at radius 2 is 1.90 bits per heavy atom. The maximum atomic E-state index is 12.3. The Morgan fingerprint density at radius 1 is 1.19 bits per heavy atom. The molecule has 2 rings (SSSR count). The third-order valence-corrected chi connectivity index (χ3v) is 3.88. The van der Waals surface area contributed by atoms with Crippen LogP contribution in [0.4, 0.5) is 5.69 Å². The summed E-state index contributed by atoms with van der Waals surface area (Å²) in [6, 6.07) is 5.75. The van der Waals surface area contributed by atoms with E-state index < -0.39 is 0 Å². The van der Waals surface area contributed by atoms with Crippen LogP contribution in [0.2, 0.25) is 0 Å². The van der Waals surface area contributed by atoms with Crippen LogP contribution in [0.25, 0.3) is 0 Å². The van der Waals surface area contributed by atoms with Gasteiger partial charge >= 0.3 is 0 Å². The first-order valence-corrected chi connectivity index (χ1v) is 7.75.